The lowest BCUT2D eigenvalue weighted by Crippen LogP contribution is -2.31. The van der Waals surface area contributed by atoms with Gasteiger partial charge in [0.1, 0.15) is 0 Å². The molecule has 1 aliphatic rings. The molecule has 1 N–H and O–H groups in total. The second kappa shape index (κ2) is 7.38. The summed E-state index contributed by atoms with van der Waals surface area (Å²) in [5.41, 5.74) is 0.738. The number of fused-ring (bicyclic) bond motifs is 1. The highest BCUT2D eigenvalue weighted by molar-refractivity contribution is 8.01. The smallest absolute Gasteiger partial charge is 0.307 e. The predicted molar refractivity (Wildman–Crippen MR) is 94.0 cm³/mol. The second-order valence-corrected chi connectivity index (χ2v) is 7.94. The lowest BCUT2D eigenvalue weighted by Gasteiger charge is -2.23. The van der Waals surface area contributed by atoms with Gasteiger partial charge in [0.05, 0.1) is 26.6 Å². The minimum Gasteiger partial charge on any atom is -0.457 e. The molecule has 1 atom stereocenters. The van der Waals surface area contributed by atoms with Crippen LogP contribution in [0.2, 0.25) is 4.34 Å². The summed E-state index contributed by atoms with van der Waals surface area (Å²) in [6, 6.07) is 10.6. The van der Waals surface area contributed by atoms with Gasteiger partial charge in [-0.25, -0.2) is 0 Å². The van der Waals surface area contributed by atoms with Crippen LogP contribution in [0.5, 0.6) is 0 Å². The third kappa shape index (κ3) is 3.98. The lowest BCUT2D eigenvalue weighted by atomic mass is 10.2. The highest BCUT2D eigenvalue weighted by atomic mass is 35.5. The number of ketones is 1. The van der Waals surface area contributed by atoms with Crippen LogP contribution in [0.25, 0.3) is 0 Å². The zero-order valence-corrected chi connectivity index (χ0v) is 14.7. The lowest BCUT2D eigenvalue weighted by molar-refractivity contribution is -0.143. The molecule has 1 aliphatic heterocycles. The van der Waals surface area contributed by atoms with Crippen LogP contribution in [0, 0.1) is 0 Å². The normalized spacial score (nSPS) is 16.2. The summed E-state index contributed by atoms with van der Waals surface area (Å²) in [5, 5.41) is 2.19. The van der Waals surface area contributed by atoms with E-state index in [2.05, 4.69) is 5.32 Å². The van der Waals surface area contributed by atoms with Crippen molar-refractivity contribution in [2.24, 2.45) is 0 Å². The Labute approximate surface area is 151 Å². The van der Waals surface area contributed by atoms with E-state index in [1.807, 2.05) is 18.2 Å². The molecule has 124 valence electrons. The number of ether oxygens (including phenoxy) is 1. The molecular formula is C16H12ClNO4S2. The SMILES string of the molecule is O=C(CC1Sc2ccccc2NC1=O)OCC(=O)c1ccc(Cl)s1. The molecule has 2 heterocycles. The number of carbonyl (C=O) groups excluding carboxylic acids is 3. The number of para-hydroxylation sites is 1. The molecule has 0 spiro atoms. The number of hydrogen-bond donors (Lipinski definition) is 1. The van der Waals surface area contributed by atoms with Crippen LogP contribution in [-0.2, 0) is 14.3 Å². The molecule has 1 amide bonds. The van der Waals surface area contributed by atoms with Gasteiger partial charge < -0.3 is 10.1 Å². The highest BCUT2D eigenvalue weighted by Crippen LogP contribution is 2.36. The number of nitrogens with one attached hydrogen (secondary N) is 1. The molecule has 3 rings (SSSR count). The highest BCUT2D eigenvalue weighted by Gasteiger charge is 2.29. The molecule has 0 saturated carbocycles. The average molecular weight is 382 g/mol. The minimum absolute atomic E-state index is 0.0939. The maximum Gasteiger partial charge on any atom is 0.307 e. The number of rotatable bonds is 5. The number of benzene rings is 1. The molecule has 5 nitrogen and oxygen atoms in total. The first-order valence-electron chi connectivity index (χ1n) is 7.03. The Hall–Kier alpha value is -1.83. The van der Waals surface area contributed by atoms with E-state index in [-0.39, 0.29) is 24.7 Å². The quantitative estimate of drug-likeness (QED) is 0.632. The van der Waals surface area contributed by atoms with Crippen LogP contribution in [0.15, 0.2) is 41.3 Å². The Balaban J connectivity index is 1.54. The van der Waals surface area contributed by atoms with E-state index in [9.17, 15) is 14.4 Å². The zero-order valence-electron chi connectivity index (χ0n) is 12.3. The number of thiophene rings is 1. The molecule has 0 bridgehead atoms. The van der Waals surface area contributed by atoms with E-state index in [1.165, 1.54) is 11.8 Å². The molecule has 2 aromatic rings. The van der Waals surface area contributed by atoms with Crippen LogP contribution in [0.1, 0.15) is 16.1 Å². The summed E-state index contributed by atoms with van der Waals surface area (Å²) in [4.78, 5) is 37.2. The van der Waals surface area contributed by atoms with Crippen molar-refractivity contribution in [1.29, 1.82) is 0 Å². The molecule has 0 aliphatic carbocycles. The minimum atomic E-state index is -0.585. The third-order valence-electron chi connectivity index (χ3n) is 3.27. The predicted octanol–water partition coefficient (Wildman–Crippen LogP) is 3.63. The molecule has 0 radical (unpaired) electrons. The fourth-order valence-corrected chi connectivity index (χ4v) is 4.18. The van der Waals surface area contributed by atoms with Crippen molar-refractivity contribution in [3.05, 3.63) is 45.6 Å². The first kappa shape index (κ1) is 17.0. The van der Waals surface area contributed by atoms with Gasteiger partial charge in [-0.05, 0) is 24.3 Å². The van der Waals surface area contributed by atoms with Crippen molar-refractivity contribution in [1.82, 2.24) is 0 Å². The van der Waals surface area contributed by atoms with Crippen molar-refractivity contribution < 1.29 is 19.1 Å². The topological polar surface area (TPSA) is 72.5 Å². The maximum atomic E-state index is 12.0. The Morgan fingerprint density at radius 1 is 1.21 bits per heavy atom. The maximum absolute atomic E-state index is 12.0. The van der Waals surface area contributed by atoms with Crippen LogP contribution in [-0.4, -0.2) is 29.5 Å². The number of carbonyl (C=O) groups is 3. The van der Waals surface area contributed by atoms with Crippen molar-refractivity contribution in [2.75, 3.05) is 11.9 Å². The summed E-state index contributed by atoms with van der Waals surface area (Å²) in [7, 11) is 0. The largest absolute Gasteiger partial charge is 0.457 e. The monoisotopic (exact) mass is 381 g/mol. The number of amides is 1. The summed E-state index contributed by atoms with van der Waals surface area (Å²) in [6.45, 7) is -0.356. The fraction of sp³-hybridized carbons (Fsp3) is 0.188. The Morgan fingerprint density at radius 3 is 2.75 bits per heavy atom. The van der Waals surface area contributed by atoms with E-state index in [0.717, 1.165) is 21.9 Å². The van der Waals surface area contributed by atoms with Crippen molar-refractivity contribution in [3.8, 4) is 0 Å². The van der Waals surface area contributed by atoms with E-state index < -0.39 is 11.2 Å². The molecule has 1 unspecified atom stereocenters. The van der Waals surface area contributed by atoms with Crippen molar-refractivity contribution in [2.45, 2.75) is 16.6 Å². The van der Waals surface area contributed by atoms with Gasteiger partial charge in [0.25, 0.3) is 0 Å². The van der Waals surface area contributed by atoms with E-state index >= 15 is 0 Å². The zero-order chi connectivity index (χ0) is 17.1. The summed E-state index contributed by atoms with van der Waals surface area (Å²) in [6.07, 6.45) is -0.0939. The number of hydrogen-bond acceptors (Lipinski definition) is 6. The number of halogens is 1. The van der Waals surface area contributed by atoms with Gasteiger partial charge in [0.2, 0.25) is 11.7 Å². The average Bonchev–Trinajstić information content (AvgIpc) is 3.00. The summed E-state index contributed by atoms with van der Waals surface area (Å²) in [5.74, 6) is -1.14. The standard InChI is InChI=1S/C16H12ClNO4S2/c17-14-6-5-12(24-14)10(19)8-22-15(20)7-13-16(21)18-9-3-1-2-4-11(9)23-13/h1-6,13H,7-8H2,(H,18,21). The number of thioether (sulfide) groups is 1. The Kier molecular flexibility index (Phi) is 5.23. The second-order valence-electron chi connectivity index (χ2n) is 4.98. The van der Waals surface area contributed by atoms with E-state index in [1.54, 1.807) is 18.2 Å². The van der Waals surface area contributed by atoms with E-state index in [0.29, 0.717) is 9.21 Å². The molecule has 0 fully saturated rings. The summed E-state index contributed by atoms with van der Waals surface area (Å²) >= 11 is 8.21. The van der Waals surface area contributed by atoms with Crippen LogP contribution in [0.3, 0.4) is 0 Å². The fourth-order valence-electron chi connectivity index (χ4n) is 2.12. The van der Waals surface area contributed by atoms with Crippen LogP contribution in [0.4, 0.5) is 5.69 Å². The van der Waals surface area contributed by atoms with Gasteiger partial charge in [-0.3, -0.25) is 14.4 Å². The molecule has 24 heavy (non-hydrogen) atoms. The Bertz CT molecular complexity index is 805. The first-order valence-corrected chi connectivity index (χ1v) is 9.11. The third-order valence-corrected chi connectivity index (χ3v) is 5.82. The molecule has 8 heteroatoms. The van der Waals surface area contributed by atoms with Crippen LogP contribution >= 0.6 is 34.7 Å². The number of anilines is 1. The van der Waals surface area contributed by atoms with Gasteiger partial charge in [-0.1, -0.05) is 23.7 Å². The van der Waals surface area contributed by atoms with E-state index in [4.69, 9.17) is 16.3 Å². The van der Waals surface area contributed by atoms with Gasteiger partial charge in [0.15, 0.2) is 6.61 Å². The summed E-state index contributed by atoms with van der Waals surface area (Å²) < 4.78 is 5.49. The first-order chi connectivity index (χ1) is 11.5. The van der Waals surface area contributed by atoms with Crippen molar-refractivity contribution in [3.63, 3.8) is 0 Å². The van der Waals surface area contributed by atoms with Gasteiger partial charge in [-0.2, -0.15) is 0 Å². The van der Waals surface area contributed by atoms with Gasteiger partial charge in [0, 0.05) is 4.90 Å². The molecular weight excluding hydrogens is 370 g/mol. The molecule has 0 saturated heterocycles. The molecule has 1 aromatic heterocycles. The molecule has 1 aromatic carbocycles. The van der Waals surface area contributed by atoms with Crippen molar-refractivity contribution >= 4 is 58.0 Å². The number of esters is 1. The number of Topliss-reactive ketones (excluding diaryl/α,β-unsaturated/α-hetero) is 1. The van der Waals surface area contributed by atoms with Gasteiger partial charge in [-0.15, -0.1) is 23.1 Å². The van der Waals surface area contributed by atoms with Crippen LogP contribution < -0.4 is 5.32 Å². The Morgan fingerprint density at radius 2 is 2.00 bits per heavy atom. The van der Waals surface area contributed by atoms with Gasteiger partial charge >= 0.3 is 5.97 Å².